The van der Waals surface area contributed by atoms with Gasteiger partial charge in [0.2, 0.25) is 11.8 Å². The molecule has 2 aromatic rings. The van der Waals surface area contributed by atoms with E-state index in [4.69, 9.17) is 11.6 Å². The number of halogens is 1. The third-order valence-electron chi connectivity index (χ3n) is 4.47. The molecule has 2 aromatic carbocycles. The Morgan fingerprint density at radius 3 is 2.58 bits per heavy atom. The van der Waals surface area contributed by atoms with E-state index in [0.29, 0.717) is 17.3 Å². The molecule has 5 heteroatoms. The van der Waals surface area contributed by atoms with Crippen molar-refractivity contribution in [1.82, 2.24) is 0 Å². The van der Waals surface area contributed by atoms with Crippen LogP contribution in [-0.4, -0.2) is 18.4 Å². The second-order valence-electron chi connectivity index (χ2n) is 6.12. The summed E-state index contributed by atoms with van der Waals surface area (Å²) in [6.07, 6.45) is 0.229. The molecule has 3 rings (SSSR count). The van der Waals surface area contributed by atoms with E-state index in [2.05, 4.69) is 5.32 Å². The number of rotatable bonds is 3. The number of aryl methyl sites for hydroxylation is 1. The summed E-state index contributed by atoms with van der Waals surface area (Å²) < 4.78 is 0. The topological polar surface area (TPSA) is 49.4 Å². The van der Waals surface area contributed by atoms with Gasteiger partial charge in [0.15, 0.2) is 0 Å². The van der Waals surface area contributed by atoms with Crippen molar-refractivity contribution in [2.45, 2.75) is 20.3 Å². The summed E-state index contributed by atoms with van der Waals surface area (Å²) in [6, 6.07) is 12.8. The van der Waals surface area contributed by atoms with Crippen molar-refractivity contribution >= 4 is 34.8 Å². The predicted octanol–water partition coefficient (Wildman–Crippen LogP) is 3.95. The van der Waals surface area contributed by atoms with E-state index in [9.17, 15) is 9.59 Å². The monoisotopic (exact) mass is 342 g/mol. The van der Waals surface area contributed by atoms with E-state index in [1.807, 2.05) is 32.0 Å². The maximum absolute atomic E-state index is 12.5. The number of hydrogen-bond acceptors (Lipinski definition) is 2. The van der Waals surface area contributed by atoms with Gasteiger partial charge in [-0.05, 0) is 55.3 Å². The molecule has 1 atom stereocenters. The first-order valence-corrected chi connectivity index (χ1v) is 8.26. The van der Waals surface area contributed by atoms with E-state index in [0.717, 1.165) is 16.8 Å². The highest BCUT2D eigenvalue weighted by atomic mass is 35.5. The zero-order valence-corrected chi connectivity index (χ0v) is 14.4. The largest absolute Gasteiger partial charge is 0.326 e. The van der Waals surface area contributed by atoms with Gasteiger partial charge in [0.25, 0.3) is 0 Å². The second kappa shape index (κ2) is 6.65. The molecule has 4 nitrogen and oxygen atoms in total. The van der Waals surface area contributed by atoms with Crippen LogP contribution in [0.25, 0.3) is 0 Å². The maximum atomic E-state index is 12.5. The first-order chi connectivity index (χ1) is 11.5. The highest BCUT2D eigenvalue weighted by Crippen LogP contribution is 2.30. The van der Waals surface area contributed by atoms with Crippen molar-refractivity contribution in [3.8, 4) is 0 Å². The van der Waals surface area contributed by atoms with Gasteiger partial charge in [-0.3, -0.25) is 9.59 Å². The SMILES string of the molecule is Cc1cccc(N2C[C@@H](C(=O)Nc3ccc(Cl)cc3)CC2=O)c1C. The van der Waals surface area contributed by atoms with Gasteiger partial charge < -0.3 is 10.2 Å². The number of carbonyl (C=O) groups is 2. The molecule has 0 bridgehead atoms. The Labute approximate surface area is 146 Å². The summed E-state index contributed by atoms with van der Waals surface area (Å²) in [6.45, 7) is 4.42. The highest BCUT2D eigenvalue weighted by molar-refractivity contribution is 6.30. The third-order valence-corrected chi connectivity index (χ3v) is 4.73. The molecule has 1 aliphatic heterocycles. The van der Waals surface area contributed by atoms with Gasteiger partial charge in [0, 0.05) is 29.4 Å². The number of amides is 2. The lowest BCUT2D eigenvalue weighted by Crippen LogP contribution is -2.28. The fourth-order valence-electron chi connectivity index (χ4n) is 2.92. The first-order valence-electron chi connectivity index (χ1n) is 7.88. The summed E-state index contributed by atoms with van der Waals surface area (Å²) in [5.41, 5.74) is 3.78. The van der Waals surface area contributed by atoms with Crippen molar-refractivity contribution in [2.75, 3.05) is 16.8 Å². The molecule has 0 aliphatic carbocycles. The molecule has 2 amide bonds. The fourth-order valence-corrected chi connectivity index (χ4v) is 3.05. The summed E-state index contributed by atoms with van der Waals surface area (Å²) in [5.74, 6) is -0.508. The van der Waals surface area contributed by atoms with Crippen molar-refractivity contribution in [1.29, 1.82) is 0 Å². The first kappa shape index (κ1) is 16.5. The minimum absolute atomic E-state index is 0.0139. The molecule has 1 saturated heterocycles. The molecule has 24 heavy (non-hydrogen) atoms. The van der Waals surface area contributed by atoms with Gasteiger partial charge in [0.05, 0.1) is 5.92 Å². The summed E-state index contributed by atoms with van der Waals surface area (Å²) in [4.78, 5) is 26.5. The standard InChI is InChI=1S/C19H19ClN2O2/c1-12-4-3-5-17(13(12)2)22-11-14(10-18(22)23)19(24)21-16-8-6-15(20)7-9-16/h3-9,14H,10-11H2,1-2H3,(H,21,24)/t14-/m0/s1. The number of nitrogens with one attached hydrogen (secondary N) is 1. The van der Waals surface area contributed by atoms with Gasteiger partial charge in [-0.25, -0.2) is 0 Å². The lowest BCUT2D eigenvalue weighted by Gasteiger charge is -2.20. The number of carbonyl (C=O) groups excluding carboxylic acids is 2. The zero-order chi connectivity index (χ0) is 17.3. The summed E-state index contributed by atoms with van der Waals surface area (Å²) in [7, 11) is 0. The molecule has 0 radical (unpaired) electrons. The van der Waals surface area contributed by atoms with Crippen LogP contribution in [0.4, 0.5) is 11.4 Å². The van der Waals surface area contributed by atoms with Gasteiger partial charge in [0.1, 0.15) is 0 Å². The summed E-state index contributed by atoms with van der Waals surface area (Å²) >= 11 is 5.84. The molecular formula is C19H19ClN2O2. The Kier molecular flexibility index (Phi) is 4.58. The maximum Gasteiger partial charge on any atom is 0.229 e. The van der Waals surface area contributed by atoms with E-state index < -0.39 is 0 Å². The molecule has 1 heterocycles. The Balaban J connectivity index is 1.73. The molecule has 0 saturated carbocycles. The number of hydrogen-bond donors (Lipinski definition) is 1. The fraction of sp³-hybridized carbons (Fsp3) is 0.263. The van der Waals surface area contributed by atoms with Crippen LogP contribution >= 0.6 is 11.6 Å². The summed E-state index contributed by atoms with van der Waals surface area (Å²) in [5, 5.41) is 3.47. The number of anilines is 2. The van der Waals surface area contributed by atoms with E-state index in [1.165, 1.54) is 0 Å². The van der Waals surface area contributed by atoms with Crippen LogP contribution in [0.2, 0.25) is 5.02 Å². The van der Waals surface area contributed by atoms with Crippen molar-refractivity contribution < 1.29 is 9.59 Å². The predicted molar refractivity (Wildman–Crippen MR) is 96.5 cm³/mol. The van der Waals surface area contributed by atoms with Crippen LogP contribution in [0.1, 0.15) is 17.5 Å². The Morgan fingerprint density at radius 2 is 1.88 bits per heavy atom. The minimum atomic E-state index is -0.354. The van der Waals surface area contributed by atoms with Crippen LogP contribution in [0.15, 0.2) is 42.5 Å². The van der Waals surface area contributed by atoms with Crippen LogP contribution in [0, 0.1) is 19.8 Å². The molecule has 0 unspecified atom stereocenters. The second-order valence-corrected chi connectivity index (χ2v) is 6.56. The Hall–Kier alpha value is -2.33. The Bertz CT molecular complexity index is 786. The van der Waals surface area contributed by atoms with E-state index >= 15 is 0 Å². The van der Waals surface area contributed by atoms with Crippen molar-refractivity contribution in [3.05, 3.63) is 58.6 Å². The van der Waals surface area contributed by atoms with Gasteiger partial charge in [-0.2, -0.15) is 0 Å². The lowest BCUT2D eigenvalue weighted by atomic mass is 10.1. The quantitative estimate of drug-likeness (QED) is 0.918. The van der Waals surface area contributed by atoms with E-state index in [-0.39, 0.29) is 24.2 Å². The van der Waals surface area contributed by atoms with Crippen molar-refractivity contribution in [3.63, 3.8) is 0 Å². The van der Waals surface area contributed by atoms with Crippen molar-refractivity contribution in [2.24, 2.45) is 5.92 Å². The van der Waals surface area contributed by atoms with Crippen LogP contribution < -0.4 is 10.2 Å². The molecule has 1 N–H and O–H groups in total. The van der Waals surface area contributed by atoms with Gasteiger partial charge >= 0.3 is 0 Å². The normalized spacial score (nSPS) is 17.2. The molecule has 1 aliphatic rings. The zero-order valence-electron chi connectivity index (χ0n) is 13.7. The average Bonchev–Trinajstić information content (AvgIpc) is 2.94. The average molecular weight is 343 g/mol. The highest BCUT2D eigenvalue weighted by Gasteiger charge is 2.35. The van der Waals surface area contributed by atoms with Crippen LogP contribution in [0.5, 0.6) is 0 Å². The third kappa shape index (κ3) is 3.29. The smallest absolute Gasteiger partial charge is 0.229 e. The lowest BCUT2D eigenvalue weighted by molar-refractivity contribution is -0.122. The molecular weight excluding hydrogens is 324 g/mol. The Morgan fingerprint density at radius 1 is 1.17 bits per heavy atom. The molecule has 0 spiro atoms. The molecule has 1 fully saturated rings. The molecule has 0 aromatic heterocycles. The van der Waals surface area contributed by atoms with Gasteiger partial charge in [-0.15, -0.1) is 0 Å². The van der Waals surface area contributed by atoms with Crippen LogP contribution in [-0.2, 0) is 9.59 Å². The van der Waals surface area contributed by atoms with Crippen LogP contribution in [0.3, 0.4) is 0 Å². The number of nitrogens with zero attached hydrogens (tertiary/aromatic N) is 1. The number of benzene rings is 2. The van der Waals surface area contributed by atoms with Gasteiger partial charge in [-0.1, -0.05) is 23.7 Å². The van der Waals surface area contributed by atoms with E-state index in [1.54, 1.807) is 29.2 Å². The molecule has 124 valence electrons. The minimum Gasteiger partial charge on any atom is -0.326 e.